The Morgan fingerprint density at radius 1 is 1.00 bits per heavy atom. The van der Waals surface area contributed by atoms with Crippen LogP contribution in [0.4, 0.5) is 0 Å². The summed E-state index contributed by atoms with van der Waals surface area (Å²) in [6.45, 7) is -0.214. The second-order valence-electron chi connectivity index (χ2n) is 5.95. The van der Waals surface area contributed by atoms with Crippen LogP contribution in [0.2, 0.25) is 5.02 Å². The molecule has 8 heteroatoms. The van der Waals surface area contributed by atoms with Gasteiger partial charge in [-0.3, -0.25) is 4.79 Å². The van der Waals surface area contributed by atoms with Gasteiger partial charge in [0.1, 0.15) is 11.5 Å². The molecule has 0 heterocycles. The number of para-hydroxylation sites is 1. The van der Waals surface area contributed by atoms with E-state index in [2.05, 4.69) is 33.1 Å². The van der Waals surface area contributed by atoms with Crippen molar-refractivity contribution in [3.8, 4) is 11.5 Å². The molecule has 3 aromatic carbocycles. The van der Waals surface area contributed by atoms with Crippen molar-refractivity contribution >= 4 is 52.3 Å². The van der Waals surface area contributed by atoms with Crippen LogP contribution in [0.15, 0.2) is 77.9 Å². The highest BCUT2D eigenvalue weighted by molar-refractivity contribution is 14.1. The molecule has 0 aliphatic carbocycles. The largest absolute Gasteiger partial charge is 0.482 e. The molecule has 0 aliphatic rings. The molecular formula is C22H16ClIN2O4. The van der Waals surface area contributed by atoms with E-state index in [9.17, 15) is 9.59 Å². The fraction of sp³-hybridized carbons (Fsp3) is 0.0455. The highest BCUT2D eigenvalue weighted by Crippen LogP contribution is 2.22. The zero-order valence-electron chi connectivity index (χ0n) is 15.5. The summed E-state index contributed by atoms with van der Waals surface area (Å²) in [4.78, 5) is 24.0. The molecule has 30 heavy (non-hydrogen) atoms. The maximum Gasteiger partial charge on any atom is 0.344 e. The first kappa shape index (κ1) is 21.8. The minimum atomic E-state index is -0.424. The van der Waals surface area contributed by atoms with Gasteiger partial charge < -0.3 is 9.47 Å². The van der Waals surface area contributed by atoms with Crippen LogP contribution in [0.5, 0.6) is 11.5 Å². The van der Waals surface area contributed by atoms with Crippen molar-refractivity contribution in [3.63, 3.8) is 0 Å². The van der Waals surface area contributed by atoms with E-state index in [1.807, 2.05) is 12.1 Å². The molecule has 0 spiro atoms. The lowest BCUT2D eigenvalue weighted by Crippen LogP contribution is -2.24. The van der Waals surface area contributed by atoms with Gasteiger partial charge in [-0.1, -0.05) is 35.9 Å². The van der Waals surface area contributed by atoms with E-state index in [0.29, 0.717) is 22.1 Å². The molecule has 0 aliphatic heterocycles. The van der Waals surface area contributed by atoms with Gasteiger partial charge in [-0.2, -0.15) is 5.10 Å². The van der Waals surface area contributed by atoms with E-state index in [-0.39, 0.29) is 6.61 Å². The third-order valence-electron chi connectivity index (χ3n) is 3.78. The van der Waals surface area contributed by atoms with E-state index in [0.717, 1.165) is 9.13 Å². The van der Waals surface area contributed by atoms with E-state index in [1.54, 1.807) is 60.7 Å². The van der Waals surface area contributed by atoms with E-state index in [4.69, 9.17) is 21.1 Å². The minimum Gasteiger partial charge on any atom is -0.482 e. The smallest absolute Gasteiger partial charge is 0.344 e. The van der Waals surface area contributed by atoms with Crippen molar-refractivity contribution in [2.45, 2.75) is 0 Å². The highest BCUT2D eigenvalue weighted by atomic mass is 127. The van der Waals surface area contributed by atoms with E-state index in [1.165, 1.54) is 6.21 Å². The summed E-state index contributed by atoms with van der Waals surface area (Å²) in [6.07, 6.45) is 1.47. The Kier molecular flexibility index (Phi) is 7.81. The molecular weight excluding hydrogens is 519 g/mol. The maximum absolute atomic E-state index is 12.2. The third kappa shape index (κ3) is 6.30. The summed E-state index contributed by atoms with van der Waals surface area (Å²) in [7, 11) is 0. The Morgan fingerprint density at radius 2 is 1.70 bits per heavy atom. The Morgan fingerprint density at radius 3 is 2.43 bits per heavy atom. The predicted molar refractivity (Wildman–Crippen MR) is 123 cm³/mol. The Bertz CT molecular complexity index is 1070. The molecule has 0 saturated carbocycles. The van der Waals surface area contributed by atoms with Crippen LogP contribution in [-0.2, 0) is 4.79 Å². The standard InChI is InChI=1S/C22H16ClIN2O4/c23-18-6-2-4-8-20(18)29-14-21(27)26-25-13-15-9-11-16(12-10-15)30-22(28)17-5-1-3-7-19(17)24/h1-13H,14H2,(H,26,27)/b25-13-. The number of hydrogen-bond donors (Lipinski definition) is 1. The number of halogens is 2. The fourth-order valence-electron chi connectivity index (χ4n) is 2.33. The first-order valence-corrected chi connectivity index (χ1v) is 10.2. The normalized spacial score (nSPS) is 10.6. The lowest BCUT2D eigenvalue weighted by Gasteiger charge is -2.06. The molecule has 0 saturated heterocycles. The maximum atomic E-state index is 12.2. The van der Waals surface area contributed by atoms with Crippen molar-refractivity contribution in [3.05, 3.63) is 92.5 Å². The molecule has 0 unspecified atom stereocenters. The number of ether oxygens (including phenoxy) is 2. The van der Waals surface area contributed by atoms with Gasteiger partial charge in [0.25, 0.3) is 5.91 Å². The number of rotatable bonds is 7. The molecule has 3 aromatic rings. The molecule has 0 aromatic heterocycles. The number of amides is 1. The summed E-state index contributed by atoms with van der Waals surface area (Å²) in [6, 6.07) is 20.8. The molecule has 0 fully saturated rings. The Balaban J connectivity index is 1.48. The lowest BCUT2D eigenvalue weighted by atomic mass is 10.2. The molecule has 1 N–H and O–H groups in total. The van der Waals surface area contributed by atoms with E-state index < -0.39 is 11.9 Å². The monoisotopic (exact) mass is 534 g/mol. The van der Waals surface area contributed by atoms with Crippen LogP contribution in [-0.4, -0.2) is 24.7 Å². The zero-order valence-corrected chi connectivity index (χ0v) is 18.5. The van der Waals surface area contributed by atoms with Crippen LogP contribution in [0.3, 0.4) is 0 Å². The van der Waals surface area contributed by atoms with Crippen molar-refractivity contribution < 1.29 is 19.1 Å². The summed E-state index contributed by atoms with van der Waals surface area (Å²) in [5.74, 6) is -0.0102. The summed E-state index contributed by atoms with van der Waals surface area (Å²) >= 11 is 8.05. The van der Waals surface area contributed by atoms with Gasteiger partial charge in [-0.25, -0.2) is 10.2 Å². The zero-order chi connectivity index (χ0) is 21.3. The molecule has 0 bridgehead atoms. The van der Waals surface area contributed by atoms with Crippen LogP contribution < -0.4 is 14.9 Å². The molecule has 0 radical (unpaired) electrons. The van der Waals surface area contributed by atoms with Gasteiger partial charge in [0.15, 0.2) is 6.61 Å². The topological polar surface area (TPSA) is 77.0 Å². The average molecular weight is 535 g/mol. The Labute approximate surface area is 192 Å². The molecule has 0 atom stereocenters. The highest BCUT2D eigenvalue weighted by Gasteiger charge is 2.11. The van der Waals surface area contributed by atoms with Crippen molar-refractivity contribution in [2.24, 2.45) is 5.10 Å². The summed E-state index contributed by atoms with van der Waals surface area (Å²) in [5, 5.41) is 4.31. The van der Waals surface area contributed by atoms with Gasteiger partial charge in [-0.05, 0) is 76.7 Å². The second-order valence-corrected chi connectivity index (χ2v) is 7.52. The number of hydrogen-bond acceptors (Lipinski definition) is 5. The number of nitrogens with one attached hydrogen (secondary N) is 1. The van der Waals surface area contributed by atoms with Gasteiger partial charge in [-0.15, -0.1) is 0 Å². The predicted octanol–water partition coefficient (Wildman–Crippen LogP) is 4.69. The molecule has 152 valence electrons. The first-order chi connectivity index (χ1) is 14.5. The molecule has 1 amide bonds. The van der Waals surface area contributed by atoms with Crippen LogP contribution in [0.1, 0.15) is 15.9 Å². The fourth-order valence-corrected chi connectivity index (χ4v) is 3.12. The molecule has 3 rings (SSSR count). The van der Waals surface area contributed by atoms with E-state index >= 15 is 0 Å². The number of nitrogens with zero attached hydrogens (tertiary/aromatic N) is 1. The van der Waals surface area contributed by atoms with Gasteiger partial charge in [0, 0.05) is 3.57 Å². The van der Waals surface area contributed by atoms with Crippen molar-refractivity contribution in [1.29, 1.82) is 0 Å². The minimum absolute atomic E-state index is 0.214. The summed E-state index contributed by atoms with van der Waals surface area (Å²) in [5.41, 5.74) is 3.60. The number of esters is 1. The lowest BCUT2D eigenvalue weighted by molar-refractivity contribution is -0.123. The second kappa shape index (κ2) is 10.7. The number of benzene rings is 3. The van der Waals surface area contributed by atoms with Gasteiger partial charge >= 0.3 is 5.97 Å². The average Bonchev–Trinajstić information content (AvgIpc) is 2.74. The van der Waals surface area contributed by atoms with Crippen LogP contribution in [0.25, 0.3) is 0 Å². The number of carbonyl (C=O) groups excluding carboxylic acids is 2. The number of hydrazone groups is 1. The van der Waals surface area contributed by atoms with Crippen LogP contribution in [0, 0.1) is 3.57 Å². The summed E-state index contributed by atoms with van der Waals surface area (Å²) < 4.78 is 11.5. The van der Waals surface area contributed by atoms with Crippen molar-refractivity contribution in [1.82, 2.24) is 5.43 Å². The Hall–Kier alpha value is -2.91. The van der Waals surface area contributed by atoms with Crippen molar-refractivity contribution in [2.75, 3.05) is 6.61 Å². The van der Waals surface area contributed by atoms with Gasteiger partial charge in [0.2, 0.25) is 0 Å². The van der Waals surface area contributed by atoms with Gasteiger partial charge in [0.05, 0.1) is 16.8 Å². The first-order valence-electron chi connectivity index (χ1n) is 8.79. The quantitative estimate of drug-likeness (QED) is 0.157. The third-order valence-corrected chi connectivity index (χ3v) is 5.04. The number of carbonyl (C=O) groups is 2. The van der Waals surface area contributed by atoms with Crippen LogP contribution >= 0.6 is 34.2 Å². The SMILES string of the molecule is O=C(COc1ccccc1Cl)N/N=C\c1ccc(OC(=O)c2ccccc2I)cc1. The molecule has 6 nitrogen and oxygen atoms in total.